The molecule has 2 aromatic rings. The number of anilines is 1. The number of likely N-dealkylation sites (tertiary alicyclic amines) is 1. The van der Waals surface area contributed by atoms with Crippen LogP contribution in [0.5, 0.6) is 0 Å². The van der Waals surface area contributed by atoms with Crippen LogP contribution in [0.1, 0.15) is 42.3 Å². The van der Waals surface area contributed by atoms with Crippen LogP contribution in [0.4, 0.5) is 5.82 Å². The van der Waals surface area contributed by atoms with Crippen molar-refractivity contribution in [2.45, 2.75) is 45.1 Å². The number of nitrogens with zero attached hydrogens (tertiary/aromatic N) is 6. The lowest BCUT2D eigenvalue weighted by molar-refractivity contribution is 0.265. The van der Waals surface area contributed by atoms with Crippen LogP contribution in [-0.4, -0.2) is 52.1 Å². The highest BCUT2D eigenvalue weighted by Gasteiger charge is 2.54. The maximum Gasteiger partial charge on any atom is 0.224 e. The van der Waals surface area contributed by atoms with E-state index >= 15 is 0 Å². The van der Waals surface area contributed by atoms with Gasteiger partial charge < -0.3 is 9.32 Å². The van der Waals surface area contributed by atoms with Gasteiger partial charge in [0.1, 0.15) is 5.82 Å². The number of hydrogen-bond acceptors (Lipinski definition) is 6. The van der Waals surface area contributed by atoms with Crippen LogP contribution in [0.25, 0.3) is 0 Å². The molecule has 7 heteroatoms. The van der Waals surface area contributed by atoms with E-state index in [9.17, 15) is 0 Å². The molecule has 2 atom stereocenters. The van der Waals surface area contributed by atoms with Crippen LogP contribution in [0.3, 0.4) is 0 Å². The Kier molecular flexibility index (Phi) is 3.86. The Morgan fingerprint density at radius 1 is 1.28 bits per heavy atom. The SMILES string of the molecule is Cc1nnc([C@]23CCC[C@H]2CN(Cc2c(C)nn(C)c2N(C)C)C3)o1. The Morgan fingerprint density at radius 2 is 2.08 bits per heavy atom. The molecule has 7 nitrogen and oxygen atoms in total. The Bertz CT molecular complexity index is 779. The third kappa shape index (κ3) is 2.56. The van der Waals surface area contributed by atoms with E-state index in [1.165, 1.54) is 24.2 Å². The van der Waals surface area contributed by atoms with Gasteiger partial charge in [0, 0.05) is 53.3 Å². The summed E-state index contributed by atoms with van der Waals surface area (Å²) in [4.78, 5) is 4.71. The van der Waals surface area contributed by atoms with Gasteiger partial charge in [0.25, 0.3) is 0 Å². The normalized spacial score (nSPS) is 26.4. The van der Waals surface area contributed by atoms with Crippen LogP contribution in [-0.2, 0) is 19.0 Å². The van der Waals surface area contributed by atoms with E-state index in [1.54, 1.807) is 0 Å². The molecule has 3 heterocycles. The van der Waals surface area contributed by atoms with Crippen molar-refractivity contribution in [3.63, 3.8) is 0 Å². The minimum atomic E-state index is 0.0512. The standard InChI is InChI=1S/C18H28N6O/c1-12-15(16(22(3)4)23(5)21-12)10-24-9-14-7-6-8-18(14,11-24)17-20-19-13(2)25-17/h14H,6-11H2,1-5H3/t14-,18-/m0/s1. The van der Waals surface area contributed by atoms with Gasteiger partial charge in [-0.15, -0.1) is 10.2 Å². The van der Waals surface area contributed by atoms with Gasteiger partial charge in [-0.1, -0.05) is 6.42 Å². The molecule has 0 N–H and O–H groups in total. The largest absolute Gasteiger partial charge is 0.425 e. The van der Waals surface area contributed by atoms with Crippen LogP contribution < -0.4 is 4.90 Å². The summed E-state index contributed by atoms with van der Waals surface area (Å²) < 4.78 is 7.87. The van der Waals surface area contributed by atoms with Gasteiger partial charge >= 0.3 is 0 Å². The summed E-state index contributed by atoms with van der Waals surface area (Å²) in [6.45, 7) is 7.02. The quantitative estimate of drug-likeness (QED) is 0.846. The summed E-state index contributed by atoms with van der Waals surface area (Å²) in [7, 11) is 6.19. The maximum atomic E-state index is 5.89. The first-order chi connectivity index (χ1) is 11.9. The molecule has 0 radical (unpaired) electrons. The van der Waals surface area contributed by atoms with E-state index in [2.05, 4.69) is 46.1 Å². The fourth-order valence-electron chi connectivity index (χ4n) is 5.02. The maximum absolute atomic E-state index is 5.89. The summed E-state index contributed by atoms with van der Waals surface area (Å²) in [5, 5.41) is 13.1. The first-order valence-corrected chi connectivity index (χ1v) is 9.13. The van der Waals surface area contributed by atoms with Gasteiger partial charge in [-0.25, -0.2) is 0 Å². The molecule has 1 saturated carbocycles. The lowest BCUT2D eigenvalue weighted by Crippen LogP contribution is -2.32. The minimum Gasteiger partial charge on any atom is -0.425 e. The van der Waals surface area contributed by atoms with Crippen LogP contribution >= 0.6 is 0 Å². The fraction of sp³-hybridized carbons (Fsp3) is 0.722. The molecule has 1 aliphatic carbocycles. The second-order valence-electron chi connectivity index (χ2n) is 7.95. The molecule has 0 unspecified atom stereocenters. The lowest BCUT2D eigenvalue weighted by atomic mass is 9.80. The zero-order valence-corrected chi connectivity index (χ0v) is 15.9. The molecule has 0 aromatic carbocycles. The van der Waals surface area contributed by atoms with Crippen molar-refractivity contribution in [1.29, 1.82) is 0 Å². The van der Waals surface area contributed by atoms with Crippen LogP contribution in [0.15, 0.2) is 4.42 Å². The molecule has 1 aliphatic heterocycles. The van der Waals surface area contributed by atoms with E-state index in [1.807, 2.05) is 18.7 Å². The number of aromatic nitrogens is 4. The molecule has 2 aliphatic rings. The summed E-state index contributed by atoms with van der Waals surface area (Å²) in [5.74, 6) is 3.33. The van der Waals surface area contributed by atoms with Gasteiger partial charge in [0.05, 0.1) is 11.1 Å². The number of rotatable bonds is 4. The highest BCUT2D eigenvalue weighted by Crippen LogP contribution is 2.50. The second kappa shape index (κ2) is 5.83. The number of hydrogen-bond donors (Lipinski definition) is 0. The summed E-state index contributed by atoms with van der Waals surface area (Å²) >= 11 is 0. The van der Waals surface area contributed by atoms with E-state index in [0.717, 1.165) is 37.6 Å². The van der Waals surface area contributed by atoms with Crippen molar-refractivity contribution < 1.29 is 4.42 Å². The highest BCUT2D eigenvalue weighted by molar-refractivity contribution is 5.49. The Hall–Kier alpha value is -1.89. The molecule has 0 amide bonds. The fourth-order valence-corrected chi connectivity index (χ4v) is 5.02. The first-order valence-electron chi connectivity index (χ1n) is 9.13. The van der Waals surface area contributed by atoms with Gasteiger partial charge in [0.2, 0.25) is 11.8 Å². The Balaban J connectivity index is 1.61. The molecule has 0 spiro atoms. The van der Waals surface area contributed by atoms with Crippen LogP contribution in [0.2, 0.25) is 0 Å². The summed E-state index contributed by atoms with van der Waals surface area (Å²) in [6.07, 6.45) is 3.67. The number of aryl methyl sites for hydroxylation is 3. The van der Waals surface area contributed by atoms with E-state index in [-0.39, 0.29) is 5.41 Å². The van der Waals surface area contributed by atoms with E-state index in [4.69, 9.17) is 4.42 Å². The Morgan fingerprint density at radius 3 is 2.76 bits per heavy atom. The summed E-state index contributed by atoms with van der Waals surface area (Å²) in [6, 6.07) is 0. The Labute approximate surface area is 149 Å². The number of fused-ring (bicyclic) bond motifs is 1. The van der Waals surface area contributed by atoms with E-state index < -0.39 is 0 Å². The van der Waals surface area contributed by atoms with Crippen molar-refractivity contribution in [1.82, 2.24) is 24.9 Å². The molecule has 2 fully saturated rings. The molecule has 0 bridgehead atoms. The molecule has 2 aromatic heterocycles. The van der Waals surface area contributed by atoms with Crippen molar-refractivity contribution >= 4 is 5.82 Å². The van der Waals surface area contributed by atoms with E-state index in [0.29, 0.717) is 11.8 Å². The predicted octanol–water partition coefficient (Wildman–Crippen LogP) is 2.04. The second-order valence-corrected chi connectivity index (χ2v) is 7.95. The first kappa shape index (κ1) is 16.6. The molecule has 25 heavy (non-hydrogen) atoms. The average molecular weight is 344 g/mol. The molecule has 1 saturated heterocycles. The summed E-state index contributed by atoms with van der Waals surface area (Å²) in [5.41, 5.74) is 2.49. The van der Waals surface area contributed by atoms with Crippen molar-refractivity contribution in [3.8, 4) is 0 Å². The lowest BCUT2D eigenvalue weighted by Gasteiger charge is -2.25. The smallest absolute Gasteiger partial charge is 0.224 e. The van der Waals surface area contributed by atoms with Gasteiger partial charge in [-0.3, -0.25) is 9.58 Å². The monoisotopic (exact) mass is 344 g/mol. The van der Waals surface area contributed by atoms with Crippen molar-refractivity contribution in [2.75, 3.05) is 32.1 Å². The van der Waals surface area contributed by atoms with Gasteiger partial charge in [-0.2, -0.15) is 5.10 Å². The molecule has 136 valence electrons. The van der Waals surface area contributed by atoms with Crippen LogP contribution in [0, 0.1) is 19.8 Å². The zero-order chi connectivity index (χ0) is 17.8. The molecular formula is C18H28N6O. The zero-order valence-electron chi connectivity index (χ0n) is 15.9. The third-order valence-corrected chi connectivity index (χ3v) is 6.01. The third-order valence-electron chi connectivity index (χ3n) is 6.01. The van der Waals surface area contributed by atoms with Crippen molar-refractivity contribution in [2.24, 2.45) is 13.0 Å². The minimum absolute atomic E-state index is 0.0512. The van der Waals surface area contributed by atoms with Gasteiger partial charge in [-0.05, 0) is 25.7 Å². The van der Waals surface area contributed by atoms with Gasteiger partial charge in [0.15, 0.2) is 0 Å². The average Bonchev–Trinajstić information content (AvgIpc) is 3.23. The molecule has 4 rings (SSSR count). The van der Waals surface area contributed by atoms with Crippen molar-refractivity contribution in [3.05, 3.63) is 23.0 Å². The predicted molar refractivity (Wildman–Crippen MR) is 95.6 cm³/mol. The molecular weight excluding hydrogens is 316 g/mol. The highest BCUT2D eigenvalue weighted by atomic mass is 16.4. The topological polar surface area (TPSA) is 63.2 Å².